The van der Waals surface area contributed by atoms with Crippen molar-refractivity contribution in [2.24, 2.45) is 5.41 Å². The molecule has 0 aromatic heterocycles. The summed E-state index contributed by atoms with van der Waals surface area (Å²) < 4.78 is 0. The molecule has 108 valence electrons. The average Bonchev–Trinajstić information content (AvgIpc) is 2.69. The second-order valence-electron chi connectivity index (χ2n) is 6.25. The third-order valence-corrected chi connectivity index (χ3v) is 6.20. The monoisotopic (exact) mass is 290 g/mol. The SMILES string of the molecule is O=C(O)C1(CC2CSc3ccccc32)CCCCCC1. The predicted octanol–water partition coefficient (Wildman–Crippen LogP) is 4.69. The Hall–Kier alpha value is -0.960. The largest absolute Gasteiger partial charge is 0.481 e. The first-order valence-electron chi connectivity index (χ1n) is 7.66. The number of thioether (sulfide) groups is 1. The van der Waals surface area contributed by atoms with Crippen molar-refractivity contribution >= 4 is 17.7 Å². The highest BCUT2D eigenvalue weighted by molar-refractivity contribution is 7.99. The molecule has 0 spiro atoms. The molecule has 1 aromatic rings. The number of aliphatic carboxylic acids is 1. The fourth-order valence-electron chi connectivity index (χ4n) is 3.78. The summed E-state index contributed by atoms with van der Waals surface area (Å²) in [4.78, 5) is 13.3. The van der Waals surface area contributed by atoms with Gasteiger partial charge in [0, 0.05) is 10.6 Å². The van der Waals surface area contributed by atoms with E-state index in [4.69, 9.17) is 0 Å². The summed E-state index contributed by atoms with van der Waals surface area (Å²) in [7, 11) is 0. The van der Waals surface area contributed by atoms with Crippen molar-refractivity contribution < 1.29 is 9.90 Å². The van der Waals surface area contributed by atoms with E-state index >= 15 is 0 Å². The molecule has 1 N–H and O–H groups in total. The zero-order valence-electron chi connectivity index (χ0n) is 11.8. The van der Waals surface area contributed by atoms with Crippen LogP contribution in [0.25, 0.3) is 0 Å². The first-order chi connectivity index (χ1) is 9.71. The normalized spacial score (nSPS) is 24.9. The zero-order valence-corrected chi connectivity index (χ0v) is 12.6. The molecule has 3 heteroatoms. The van der Waals surface area contributed by atoms with Crippen molar-refractivity contribution in [1.29, 1.82) is 0 Å². The summed E-state index contributed by atoms with van der Waals surface area (Å²) in [5.74, 6) is 0.910. The molecular formula is C17H22O2S. The Kier molecular flexibility index (Phi) is 4.06. The lowest BCUT2D eigenvalue weighted by Crippen LogP contribution is -2.32. The van der Waals surface area contributed by atoms with Gasteiger partial charge in [-0.25, -0.2) is 0 Å². The smallest absolute Gasteiger partial charge is 0.309 e. The fourth-order valence-corrected chi connectivity index (χ4v) is 5.03. The second-order valence-corrected chi connectivity index (χ2v) is 7.31. The highest BCUT2D eigenvalue weighted by Crippen LogP contribution is 2.48. The maximum Gasteiger partial charge on any atom is 0.309 e. The Bertz CT molecular complexity index is 490. The van der Waals surface area contributed by atoms with E-state index in [0.717, 1.165) is 37.9 Å². The van der Waals surface area contributed by atoms with E-state index in [9.17, 15) is 9.90 Å². The number of fused-ring (bicyclic) bond motifs is 1. The zero-order chi connectivity index (χ0) is 14.0. The third kappa shape index (κ3) is 2.60. The fraction of sp³-hybridized carbons (Fsp3) is 0.588. The molecule has 1 aliphatic carbocycles. The minimum Gasteiger partial charge on any atom is -0.481 e. The molecule has 0 saturated heterocycles. The molecule has 1 aromatic carbocycles. The lowest BCUT2D eigenvalue weighted by molar-refractivity contribution is -0.150. The number of rotatable bonds is 3. The van der Waals surface area contributed by atoms with E-state index in [1.54, 1.807) is 0 Å². The van der Waals surface area contributed by atoms with Crippen LogP contribution in [0.2, 0.25) is 0 Å². The van der Waals surface area contributed by atoms with Crippen LogP contribution in [0.1, 0.15) is 56.4 Å². The van der Waals surface area contributed by atoms with Crippen LogP contribution < -0.4 is 0 Å². The Balaban J connectivity index is 1.82. The van der Waals surface area contributed by atoms with Crippen molar-refractivity contribution in [3.8, 4) is 0 Å². The van der Waals surface area contributed by atoms with Crippen LogP contribution in [0.5, 0.6) is 0 Å². The van der Waals surface area contributed by atoms with Gasteiger partial charge >= 0.3 is 5.97 Å². The molecular weight excluding hydrogens is 268 g/mol. The summed E-state index contributed by atoms with van der Waals surface area (Å²) in [6, 6.07) is 8.51. The standard InChI is InChI=1S/C17H22O2S/c18-16(19)17(9-5-1-2-6-10-17)11-13-12-20-15-8-4-3-7-14(13)15/h3-4,7-8,13H,1-2,5-6,9-12H2,(H,18,19). The maximum atomic E-state index is 11.9. The first-order valence-corrected chi connectivity index (χ1v) is 8.65. The van der Waals surface area contributed by atoms with Crippen molar-refractivity contribution in [2.45, 2.75) is 55.8 Å². The number of carboxylic acid groups (broad SMARTS) is 1. The van der Waals surface area contributed by atoms with Crippen molar-refractivity contribution in [2.75, 3.05) is 5.75 Å². The van der Waals surface area contributed by atoms with Gasteiger partial charge in [0.05, 0.1) is 5.41 Å². The molecule has 3 rings (SSSR count). The van der Waals surface area contributed by atoms with Crippen LogP contribution in [-0.4, -0.2) is 16.8 Å². The van der Waals surface area contributed by atoms with E-state index in [0.29, 0.717) is 5.92 Å². The van der Waals surface area contributed by atoms with Crippen molar-refractivity contribution in [3.63, 3.8) is 0 Å². The Labute approximate surface area is 125 Å². The highest BCUT2D eigenvalue weighted by Gasteiger charge is 2.42. The van der Waals surface area contributed by atoms with Gasteiger partial charge in [-0.3, -0.25) is 4.79 Å². The quantitative estimate of drug-likeness (QED) is 0.820. The van der Waals surface area contributed by atoms with Crippen LogP contribution in [0.4, 0.5) is 0 Å². The molecule has 0 radical (unpaired) electrons. The molecule has 0 bridgehead atoms. The number of hydrogen-bond donors (Lipinski definition) is 1. The molecule has 1 aliphatic heterocycles. The van der Waals surface area contributed by atoms with Gasteiger partial charge in [0.15, 0.2) is 0 Å². The molecule has 1 fully saturated rings. The van der Waals surface area contributed by atoms with E-state index in [1.165, 1.54) is 23.3 Å². The van der Waals surface area contributed by atoms with Gasteiger partial charge in [0.1, 0.15) is 0 Å². The highest BCUT2D eigenvalue weighted by atomic mass is 32.2. The molecule has 20 heavy (non-hydrogen) atoms. The third-order valence-electron chi connectivity index (χ3n) is 4.95. The van der Waals surface area contributed by atoms with Gasteiger partial charge in [-0.15, -0.1) is 11.8 Å². The Morgan fingerprint density at radius 2 is 1.90 bits per heavy atom. The van der Waals surface area contributed by atoms with E-state index < -0.39 is 11.4 Å². The summed E-state index contributed by atoms with van der Waals surface area (Å²) in [5, 5.41) is 9.82. The van der Waals surface area contributed by atoms with Crippen LogP contribution in [0.15, 0.2) is 29.2 Å². The number of benzene rings is 1. The lowest BCUT2D eigenvalue weighted by Gasteiger charge is -2.31. The van der Waals surface area contributed by atoms with Gasteiger partial charge in [0.25, 0.3) is 0 Å². The Morgan fingerprint density at radius 3 is 2.60 bits per heavy atom. The summed E-state index contributed by atoms with van der Waals surface area (Å²) in [6.07, 6.45) is 7.11. The van der Waals surface area contributed by atoms with Gasteiger partial charge < -0.3 is 5.11 Å². The van der Waals surface area contributed by atoms with E-state index in [2.05, 4.69) is 24.3 Å². The van der Waals surface area contributed by atoms with Gasteiger partial charge in [-0.1, -0.05) is 43.9 Å². The number of hydrogen-bond acceptors (Lipinski definition) is 2. The van der Waals surface area contributed by atoms with Crippen LogP contribution >= 0.6 is 11.8 Å². The minimum atomic E-state index is -0.561. The van der Waals surface area contributed by atoms with Gasteiger partial charge in [0.2, 0.25) is 0 Å². The molecule has 0 amide bonds. The molecule has 1 atom stereocenters. The van der Waals surface area contributed by atoms with Crippen LogP contribution in [0.3, 0.4) is 0 Å². The minimum absolute atomic E-state index is 0.422. The summed E-state index contributed by atoms with van der Waals surface area (Å²) in [5.41, 5.74) is 0.904. The first kappa shape index (κ1) is 14.0. The topological polar surface area (TPSA) is 37.3 Å². The summed E-state index contributed by atoms with van der Waals surface area (Å²) in [6.45, 7) is 0. The maximum absolute atomic E-state index is 11.9. The van der Waals surface area contributed by atoms with Crippen molar-refractivity contribution in [3.05, 3.63) is 29.8 Å². The van der Waals surface area contributed by atoms with E-state index in [-0.39, 0.29) is 0 Å². The molecule has 1 heterocycles. The van der Waals surface area contributed by atoms with Crippen molar-refractivity contribution in [1.82, 2.24) is 0 Å². The summed E-state index contributed by atoms with van der Waals surface area (Å²) >= 11 is 1.89. The molecule has 2 nitrogen and oxygen atoms in total. The van der Waals surface area contributed by atoms with Crippen LogP contribution in [0, 0.1) is 5.41 Å². The van der Waals surface area contributed by atoms with E-state index in [1.807, 2.05) is 11.8 Å². The number of carbonyl (C=O) groups is 1. The lowest BCUT2D eigenvalue weighted by atomic mass is 9.72. The second kappa shape index (κ2) is 5.80. The molecule has 1 unspecified atom stereocenters. The van der Waals surface area contributed by atoms with Gasteiger partial charge in [-0.05, 0) is 36.8 Å². The molecule has 1 saturated carbocycles. The number of carboxylic acids is 1. The Morgan fingerprint density at radius 1 is 1.20 bits per heavy atom. The predicted molar refractivity (Wildman–Crippen MR) is 82.3 cm³/mol. The van der Waals surface area contributed by atoms with Gasteiger partial charge in [-0.2, -0.15) is 0 Å². The van der Waals surface area contributed by atoms with Crippen LogP contribution in [-0.2, 0) is 4.79 Å². The molecule has 2 aliphatic rings. The average molecular weight is 290 g/mol.